The number of hydrogen-bond donors (Lipinski definition) is 0. The van der Waals surface area contributed by atoms with Crippen molar-refractivity contribution < 1.29 is 9.47 Å². The summed E-state index contributed by atoms with van der Waals surface area (Å²) >= 11 is 0. The van der Waals surface area contributed by atoms with E-state index in [1.54, 1.807) is 15.6 Å². The maximum Gasteiger partial charge on any atom is 0.131 e. The minimum Gasteiger partial charge on any atom is -0.379 e. The molecule has 3 heterocycles. The lowest BCUT2D eigenvalue weighted by atomic mass is 10.3. The Morgan fingerprint density at radius 3 is 3.21 bits per heavy atom. The quantitative estimate of drug-likeness (QED) is 0.785. The number of aromatic nitrogens is 5. The van der Waals surface area contributed by atoms with Gasteiger partial charge >= 0.3 is 0 Å². The number of rotatable bonds is 5. The lowest BCUT2D eigenvalue weighted by Crippen LogP contribution is -2.16. The Morgan fingerprint density at radius 1 is 1.53 bits per heavy atom. The molecule has 1 fully saturated rings. The van der Waals surface area contributed by atoms with Gasteiger partial charge in [0, 0.05) is 19.9 Å². The molecule has 102 valence electrons. The van der Waals surface area contributed by atoms with Crippen LogP contribution in [0.2, 0.25) is 0 Å². The van der Waals surface area contributed by atoms with E-state index in [1.807, 2.05) is 19.3 Å². The van der Waals surface area contributed by atoms with Crippen LogP contribution in [0.1, 0.15) is 6.42 Å². The third kappa shape index (κ3) is 2.82. The molecule has 0 bridgehead atoms. The Hall–Kier alpha value is -1.73. The summed E-state index contributed by atoms with van der Waals surface area (Å²) < 4.78 is 14.5. The molecule has 0 spiro atoms. The van der Waals surface area contributed by atoms with Crippen molar-refractivity contribution in [1.29, 1.82) is 0 Å². The minimum atomic E-state index is 0.236. The molecule has 1 aliphatic heterocycles. The molecule has 0 aliphatic carbocycles. The van der Waals surface area contributed by atoms with Gasteiger partial charge in [-0.15, -0.1) is 5.10 Å². The van der Waals surface area contributed by atoms with E-state index in [4.69, 9.17) is 9.47 Å². The predicted octanol–water partition coefficient (Wildman–Crippen LogP) is 0.484. The van der Waals surface area contributed by atoms with Gasteiger partial charge in [0.2, 0.25) is 0 Å². The zero-order valence-corrected chi connectivity index (χ0v) is 10.9. The fourth-order valence-electron chi connectivity index (χ4n) is 2.11. The maximum atomic E-state index is 5.70. The van der Waals surface area contributed by atoms with Crippen LogP contribution in [0.25, 0.3) is 11.4 Å². The molecule has 2 aromatic rings. The summed E-state index contributed by atoms with van der Waals surface area (Å²) in [6, 6.07) is 1.92. The van der Waals surface area contributed by atoms with Crippen molar-refractivity contribution in [3.05, 3.63) is 18.5 Å². The van der Waals surface area contributed by atoms with Crippen LogP contribution in [0.15, 0.2) is 18.5 Å². The zero-order chi connectivity index (χ0) is 13.1. The third-order valence-corrected chi connectivity index (χ3v) is 3.18. The first kappa shape index (κ1) is 12.3. The van der Waals surface area contributed by atoms with Gasteiger partial charge < -0.3 is 9.47 Å². The van der Waals surface area contributed by atoms with Gasteiger partial charge in [-0.2, -0.15) is 5.10 Å². The zero-order valence-electron chi connectivity index (χ0n) is 10.9. The second kappa shape index (κ2) is 5.50. The van der Waals surface area contributed by atoms with Crippen LogP contribution in [0, 0.1) is 0 Å². The molecule has 0 N–H and O–H groups in total. The lowest BCUT2D eigenvalue weighted by molar-refractivity contribution is 0.0369. The van der Waals surface area contributed by atoms with Crippen molar-refractivity contribution in [2.75, 3.05) is 19.8 Å². The summed E-state index contributed by atoms with van der Waals surface area (Å²) in [7, 11) is 1.89. The molecule has 3 rings (SSSR count). The Balaban J connectivity index is 1.55. The SMILES string of the molecule is Cn1nccc1-c1cn(CCOC2CCOC2)nn1. The molecule has 2 aromatic heterocycles. The van der Waals surface area contributed by atoms with Gasteiger partial charge in [0.1, 0.15) is 5.69 Å². The second-order valence-corrected chi connectivity index (χ2v) is 4.56. The predicted molar refractivity (Wildman–Crippen MR) is 67.4 cm³/mol. The summed E-state index contributed by atoms with van der Waals surface area (Å²) in [6.07, 6.45) is 4.88. The highest BCUT2D eigenvalue weighted by Gasteiger charge is 2.15. The smallest absolute Gasteiger partial charge is 0.131 e. The van der Waals surface area contributed by atoms with Gasteiger partial charge in [-0.3, -0.25) is 4.68 Å². The second-order valence-electron chi connectivity index (χ2n) is 4.56. The van der Waals surface area contributed by atoms with Crippen molar-refractivity contribution in [3.8, 4) is 11.4 Å². The number of aryl methyl sites for hydroxylation is 1. The van der Waals surface area contributed by atoms with Crippen LogP contribution >= 0.6 is 0 Å². The summed E-state index contributed by atoms with van der Waals surface area (Å²) in [5.41, 5.74) is 1.78. The van der Waals surface area contributed by atoms with E-state index in [9.17, 15) is 0 Å². The molecule has 1 aliphatic rings. The van der Waals surface area contributed by atoms with Crippen LogP contribution in [-0.4, -0.2) is 50.7 Å². The highest BCUT2D eigenvalue weighted by atomic mass is 16.5. The topological polar surface area (TPSA) is 67.0 Å². The van der Waals surface area contributed by atoms with Crippen LogP contribution in [0.4, 0.5) is 0 Å². The molecule has 0 amide bonds. The van der Waals surface area contributed by atoms with Crippen molar-refractivity contribution in [1.82, 2.24) is 24.8 Å². The number of nitrogens with zero attached hydrogens (tertiary/aromatic N) is 5. The van der Waals surface area contributed by atoms with E-state index in [0.29, 0.717) is 19.8 Å². The fraction of sp³-hybridized carbons (Fsp3) is 0.583. The third-order valence-electron chi connectivity index (χ3n) is 3.18. The van der Waals surface area contributed by atoms with Gasteiger partial charge in [0.25, 0.3) is 0 Å². The molecule has 1 saturated heterocycles. The normalized spacial score (nSPS) is 19.1. The molecule has 0 saturated carbocycles. The Morgan fingerprint density at radius 2 is 2.47 bits per heavy atom. The van der Waals surface area contributed by atoms with Crippen molar-refractivity contribution in [2.24, 2.45) is 7.05 Å². The van der Waals surface area contributed by atoms with Gasteiger partial charge in [-0.1, -0.05) is 5.21 Å². The van der Waals surface area contributed by atoms with Crippen molar-refractivity contribution >= 4 is 0 Å². The molecule has 19 heavy (non-hydrogen) atoms. The van der Waals surface area contributed by atoms with E-state index in [-0.39, 0.29) is 6.10 Å². The highest BCUT2D eigenvalue weighted by molar-refractivity contribution is 5.51. The summed E-state index contributed by atoms with van der Waals surface area (Å²) in [5, 5.41) is 12.4. The van der Waals surface area contributed by atoms with E-state index in [1.165, 1.54) is 0 Å². The minimum absolute atomic E-state index is 0.236. The molecule has 7 nitrogen and oxygen atoms in total. The first-order valence-electron chi connectivity index (χ1n) is 6.41. The van der Waals surface area contributed by atoms with Crippen molar-refractivity contribution in [2.45, 2.75) is 19.1 Å². The van der Waals surface area contributed by atoms with Gasteiger partial charge in [-0.05, 0) is 12.5 Å². The molecule has 0 aromatic carbocycles. The maximum absolute atomic E-state index is 5.70. The molecular weight excluding hydrogens is 246 g/mol. The Bertz CT molecular complexity index is 530. The van der Waals surface area contributed by atoms with Crippen LogP contribution < -0.4 is 0 Å². The first-order valence-corrected chi connectivity index (χ1v) is 6.41. The largest absolute Gasteiger partial charge is 0.379 e. The van der Waals surface area contributed by atoms with E-state index in [2.05, 4.69) is 15.4 Å². The molecule has 7 heteroatoms. The van der Waals surface area contributed by atoms with Crippen molar-refractivity contribution in [3.63, 3.8) is 0 Å². The van der Waals surface area contributed by atoms with E-state index < -0.39 is 0 Å². The Labute approximate surface area is 111 Å². The first-order chi connectivity index (χ1) is 9.33. The molecule has 1 unspecified atom stereocenters. The fourth-order valence-corrected chi connectivity index (χ4v) is 2.11. The lowest BCUT2D eigenvalue weighted by Gasteiger charge is -2.08. The monoisotopic (exact) mass is 263 g/mol. The number of hydrogen-bond acceptors (Lipinski definition) is 5. The summed E-state index contributed by atoms with van der Waals surface area (Å²) in [5.74, 6) is 0. The van der Waals surface area contributed by atoms with Crippen LogP contribution in [-0.2, 0) is 23.1 Å². The van der Waals surface area contributed by atoms with Gasteiger partial charge in [-0.25, -0.2) is 4.68 Å². The average molecular weight is 263 g/mol. The van der Waals surface area contributed by atoms with Crippen LogP contribution in [0.5, 0.6) is 0 Å². The molecule has 0 radical (unpaired) electrons. The molecular formula is C12H17N5O2. The summed E-state index contributed by atoms with van der Waals surface area (Å²) in [4.78, 5) is 0. The molecule has 1 atom stereocenters. The van der Waals surface area contributed by atoms with E-state index >= 15 is 0 Å². The highest BCUT2D eigenvalue weighted by Crippen LogP contribution is 2.14. The van der Waals surface area contributed by atoms with Crippen LogP contribution in [0.3, 0.4) is 0 Å². The Kier molecular flexibility index (Phi) is 3.56. The number of ether oxygens (including phenoxy) is 2. The van der Waals surface area contributed by atoms with Gasteiger partial charge in [0.05, 0.1) is 37.8 Å². The summed E-state index contributed by atoms with van der Waals surface area (Å²) in [6.45, 7) is 2.83. The van der Waals surface area contributed by atoms with Gasteiger partial charge in [0.15, 0.2) is 0 Å². The average Bonchev–Trinajstić information content (AvgIpc) is 3.10. The van der Waals surface area contributed by atoms with E-state index in [0.717, 1.165) is 24.4 Å². The standard InChI is InChI=1S/C12H17N5O2/c1-16-12(2-4-13-16)11-8-17(15-14-11)5-7-19-10-3-6-18-9-10/h2,4,8,10H,3,5-7,9H2,1H3.